The van der Waals surface area contributed by atoms with Crippen molar-refractivity contribution >= 4 is 5.57 Å². The average molecular weight is 218 g/mol. The van der Waals surface area contributed by atoms with Gasteiger partial charge in [0.15, 0.2) is 0 Å². The van der Waals surface area contributed by atoms with Crippen LogP contribution in [0.5, 0.6) is 0 Å². The Bertz CT molecular complexity index is 386. The minimum absolute atomic E-state index is 0.124. The van der Waals surface area contributed by atoms with Gasteiger partial charge in [-0.1, -0.05) is 37.5 Å². The first-order valence-corrected chi connectivity index (χ1v) is 6.13. The van der Waals surface area contributed by atoms with E-state index in [2.05, 4.69) is 12.6 Å². The third kappa shape index (κ3) is 2.52. The molecular weight excluding hydrogens is 199 g/mol. The highest BCUT2D eigenvalue weighted by molar-refractivity contribution is 5.62. The molecule has 0 amide bonds. The molecule has 0 bridgehead atoms. The van der Waals surface area contributed by atoms with Gasteiger partial charge in [0, 0.05) is 0 Å². The molecule has 16 heavy (non-hydrogen) atoms. The van der Waals surface area contributed by atoms with Gasteiger partial charge in [0.2, 0.25) is 0 Å². The summed E-state index contributed by atoms with van der Waals surface area (Å²) in [5.74, 6) is 0.434. The molecule has 1 aromatic rings. The summed E-state index contributed by atoms with van der Waals surface area (Å²) < 4.78 is 13.5. The lowest BCUT2D eigenvalue weighted by Crippen LogP contribution is -2.05. The Balaban J connectivity index is 2.28. The molecule has 1 aromatic carbocycles. The number of hydrogen-bond donors (Lipinski definition) is 0. The lowest BCUT2D eigenvalue weighted by atomic mass is 9.83. The van der Waals surface area contributed by atoms with Gasteiger partial charge in [-0.05, 0) is 48.9 Å². The van der Waals surface area contributed by atoms with Crippen LogP contribution < -0.4 is 0 Å². The van der Waals surface area contributed by atoms with Gasteiger partial charge < -0.3 is 0 Å². The first-order valence-electron chi connectivity index (χ1n) is 6.13. The van der Waals surface area contributed by atoms with E-state index in [1.807, 2.05) is 6.92 Å². The molecule has 0 aromatic heterocycles. The zero-order valence-corrected chi connectivity index (χ0v) is 9.93. The average Bonchev–Trinajstić information content (AvgIpc) is 2.29. The molecule has 1 heteroatoms. The third-order valence-electron chi connectivity index (χ3n) is 3.49. The minimum Gasteiger partial charge on any atom is -0.207 e. The second-order valence-electron chi connectivity index (χ2n) is 4.89. The fraction of sp³-hybridized carbons (Fsp3) is 0.467. The number of halogens is 1. The second kappa shape index (κ2) is 4.82. The zero-order valence-electron chi connectivity index (χ0n) is 9.93. The molecule has 0 spiro atoms. The maximum atomic E-state index is 13.5. The molecule has 2 rings (SSSR count). The van der Waals surface area contributed by atoms with E-state index in [1.165, 1.54) is 32.1 Å². The van der Waals surface area contributed by atoms with E-state index in [0.717, 1.165) is 16.7 Å². The van der Waals surface area contributed by atoms with Crippen molar-refractivity contribution in [2.45, 2.75) is 44.9 Å². The van der Waals surface area contributed by atoms with Gasteiger partial charge in [0.1, 0.15) is 5.82 Å². The van der Waals surface area contributed by atoms with Crippen LogP contribution in [-0.4, -0.2) is 0 Å². The van der Waals surface area contributed by atoms with Gasteiger partial charge in [-0.2, -0.15) is 0 Å². The van der Waals surface area contributed by atoms with Crippen LogP contribution in [0.3, 0.4) is 0 Å². The highest BCUT2D eigenvalue weighted by atomic mass is 19.1. The Hall–Kier alpha value is -1.11. The first-order chi connectivity index (χ1) is 7.66. The molecular formula is C15H19F. The van der Waals surface area contributed by atoms with E-state index in [0.29, 0.717) is 5.92 Å². The van der Waals surface area contributed by atoms with E-state index in [4.69, 9.17) is 0 Å². The zero-order chi connectivity index (χ0) is 11.5. The van der Waals surface area contributed by atoms with Crippen molar-refractivity contribution in [3.63, 3.8) is 0 Å². The molecule has 0 heterocycles. The standard InChI is InChI=1S/C15H19F/c1-11(2)13-8-14(10-15(16)9-13)12-6-4-3-5-7-12/h8-10,12H,1,3-7H2,2H3. The predicted octanol–water partition coefficient (Wildman–Crippen LogP) is 4.91. The van der Waals surface area contributed by atoms with E-state index in [1.54, 1.807) is 12.1 Å². The monoisotopic (exact) mass is 218 g/mol. The SMILES string of the molecule is C=C(C)c1cc(F)cc(C2CCCCC2)c1. The van der Waals surface area contributed by atoms with Crippen LogP contribution in [0, 0.1) is 5.82 Å². The van der Waals surface area contributed by atoms with Crippen LogP contribution in [0.4, 0.5) is 4.39 Å². The Morgan fingerprint density at radius 2 is 1.88 bits per heavy atom. The minimum atomic E-state index is -0.124. The number of rotatable bonds is 2. The number of hydrogen-bond acceptors (Lipinski definition) is 0. The topological polar surface area (TPSA) is 0 Å². The molecule has 0 saturated heterocycles. The first kappa shape index (κ1) is 11.4. The van der Waals surface area contributed by atoms with Crippen LogP contribution in [0.25, 0.3) is 5.57 Å². The van der Waals surface area contributed by atoms with Crippen molar-refractivity contribution in [1.82, 2.24) is 0 Å². The molecule has 1 aliphatic carbocycles. The van der Waals surface area contributed by atoms with Crippen molar-refractivity contribution in [3.8, 4) is 0 Å². The highest BCUT2D eigenvalue weighted by Crippen LogP contribution is 2.34. The van der Waals surface area contributed by atoms with Crippen molar-refractivity contribution in [2.24, 2.45) is 0 Å². The molecule has 1 saturated carbocycles. The summed E-state index contributed by atoms with van der Waals surface area (Å²) in [7, 11) is 0. The molecule has 0 nitrogen and oxygen atoms in total. The van der Waals surface area contributed by atoms with Gasteiger partial charge in [-0.3, -0.25) is 0 Å². The molecule has 0 radical (unpaired) electrons. The Kier molecular flexibility index (Phi) is 3.42. The van der Waals surface area contributed by atoms with E-state index >= 15 is 0 Å². The number of allylic oxidation sites excluding steroid dienone is 1. The van der Waals surface area contributed by atoms with Crippen molar-refractivity contribution < 1.29 is 4.39 Å². The maximum Gasteiger partial charge on any atom is 0.124 e. The van der Waals surface area contributed by atoms with Crippen LogP contribution in [0.15, 0.2) is 24.8 Å². The molecule has 0 N–H and O–H groups in total. The van der Waals surface area contributed by atoms with Crippen molar-refractivity contribution in [3.05, 3.63) is 41.7 Å². The predicted molar refractivity (Wildman–Crippen MR) is 66.9 cm³/mol. The number of benzene rings is 1. The van der Waals surface area contributed by atoms with E-state index in [-0.39, 0.29) is 5.82 Å². The van der Waals surface area contributed by atoms with Gasteiger partial charge in [0.05, 0.1) is 0 Å². The summed E-state index contributed by atoms with van der Waals surface area (Å²) in [6.45, 7) is 5.82. The summed E-state index contributed by atoms with van der Waals surface area (Å²) >= 11 is 0. The fourth-order valence-corrected chi connectivity index (χ4v) is 2.53. The molecule has 1 aliphatic rings. The summed E-state index contributed by atoms with van der Waals surface area (Å²) in [5.41, 5.74) is 3.05. The summed E-state index contributed by atoms with van der Waals surface area (Å²) in [6.07, 6.45) is 6.31. The normalized spacial score (nSPS) is 17.4. The Morgan fingerprint density at radius 1 is 1.19 bits per heavy atom. The molecule has 0 atom stereocenters. The van der Waals surface area contributed by atoms with Crippen molar-refractivity contribution in [2.75, 3.05) is 0 Å². The van der Waals surface area contributed by atoms with Crippen molar-refractivity contribution in [1.29, 1.82) is 0 Å². The quantitative estimate of drug-likeness (QED) is 0.662. The molecule has 86 valence electrons. The Labute approximate surface area is 97.2 Å². The van der Waals surface area contributed by atoms with Crippen LogP contribution in [-0.2, 0) is 0 Å². The summed E-state index contributed by atoms with van der Waals surface area (Å²) in [4.78, 5) is 0. The molecule has 1 fully saturated rings. The van der Waals surface area contributed by atoms with E-state index in [9.17, 15) is 4.39 Å². The molecule has 0 aliphatic heterocycles. The molecule has 0 unspecified atom stereocenters. The lowest BCUT2D eigenvalue weighted by molar-refractivity contribution is 0.442. The lowest BCUT2D eigenvalue weighted by Gasteiger charge is -2.22. The van der Waals surface area contributed by atoms with Crippen LogP contribution in [0.1, 0.15) is 56.1 Å². The van der Waals surface area contributed by atoms with E-state index < -0.39 is 0 Å². The largest absolute Gasteiger partial charge is 0.207 e. The van der Waals surface area contributed by atoms with Gasteiger partial charge in [0.25, 0.3) is 0 Å². The second-order valence-corrected chi connectivity index (χ2v) is 4.89. The van der Waals surface area contributed by atoms with Crippen LogP contribution >= 0.6 is 0 Å². The third-order valence-corrected chi connectivity index (χ3v) is 3.49. The Morgan fingerprint density at radius 3 is 2.50 bits per heavy atom. The highest BCUT2D eigenvalue weighted by Gasteiger charge is 2.16. The summed E-state index contributed by atoms with van der Waals surface area (Å²) in [6, 6.07) is 5.39. The van der Waals surface area contributed by atoms with Gasteiger partial charge >= 0.3 is 0 Å². The maximum absolute atomic E-state index is 13.5. The smallest absolute Gasteiger partial charge is 0.124 e. The summed E-state index contributed by atoms with van der Waals surface area (Å²) in [5, 5.41) is 0. The van der Waals surface area contributed by atoms with Gasteiger partial charge in [-0.15, -0.1) is 0 Å². The van der Waals surface area contributed by atoms with Crippen LogP contribution in [0.2, 0.25) is 0 Å². The van der Waals surface area contributed by atoms with Gasteiger partial charge in [-0.25, -0.2) is 4.39 Å². The fourth-order valence-electron chi connectivity index (χ4n) is 2.53.